The summed E-state index contributed by atoms with van der Waals surface area (Å²) >= 11 is 0. The number of rotatable bonds is 14. The molecule has 4 aromatic heterocycles. The SMILES string of the molecule is CC(C)(C)C(O)CC(O)C(C)(C)C.CC(C)C(O)CC(O)C(C)C.CC(O)CC(C)O.CC(O)CC(O)C(C)(C)C.Cc1[c-]c(-c2ncnc3c2Cc2ccccc2-3)cc(C)c1.[Ir].[Ir].[Ir].[Ir].[c-]1ccccc1-c1ncnc2c1Cc1ccccc1-2.[c-]1ccccc1-c1ncnc2c1Cc1ccccc1-2.[c-]1ccccc1-c1ncnc2c1Cc1ccccc1-2. The van der Waals surface area contributed by atoms with Crippen LogP contribution >= 0.6 is 0 Å². The maximum Gasteiger partial charge on any atom is 0.106 e. The third-order valence-corrected chi connectivity index (χ3v) is 21.4. The molecule has 0 spiro atoms. The molecule has 4 aliphatic carbocycles. The minimum absolute atomic E-state index is 0. The third-order valence-electron chi connectivity index (χ3n) is 21.4. The van der Waals surface area contributed by atoms with Crippen molar-refractivity contribution in [2.24, 2.45) is 28.1 Å². The first-order valence-electron chi connectivity index (χ1n) is 41.5. The Hall–Kier alpha value is -7.64. The Bertz CT molecular complexity index is 4840. The van der Waals surface area contributed by atoms with Crippen molar-refractivity contribution in [3.63, 3.8) is 0 Å². The molecule has 662 valence electrons. The first kappa shape index (κ1) is 106. The van der Waals surface area contributed by atoms with Gasteiger partial charge < -0.3 is 40.9 Å². The number of hydrogen-bond donors (Lipinski definition) is 8. The molecule has 0 saturated carbocycles. The number of benzene rings is 8. The van der Waals surface area contributed by atoms with Gasteiger partial charge in [0.2, 0.25) is 0 Å². The summed E-state index contributed by atoms with van der Waals surface area (Å²) in [6, 6.07) is 75.1. The molecule has 20 heteroatoms. The van der Waals surface area contributed by atoms with Crippen molar-refractivity contribution in [2.45, 2.75) is 225 Å². The molecule has 4 aliphatic rings. The minimum atomic E-state index is -0.443. The van der Waals surface area contributed by atoms with E-state index in [9.17, 15) is 25.5 Å². The van der Waals surface area contributed by atoms with Crippen molar-refractivity contribution < 1.29 is 121 Å². The van der Waals surface area contributed by atoms with Gasteiger partial charge in [0.15, 0.2) is 0 Å². The van der Waals surface area contributed by atoms with Gasteiger partial charge in [-0.2, -0.15) is 0 Å². The van der Waals surface area contributed by atoms with Crippen LogP contribution in [0.2, 0.25) is 0 Å². The molecule has 16 nitrogen and oxygen atoms in total. The van der Waals surface area contributed by atoms with E-state index in [1.54, 1.807) is 46.1 Å². The number of nitrogens with zero attached hydrogens (tertiary/aromatic N) is 8. The topological polar surface area (TPSA) is 265 Å². The Kier molecular flexibility index (Phi) is 42.6. The van der Waals surface area contributed by atoms with Crippen LogP contribution in [0.3, 0.4) is 0 Å². The Morgan fingerprint density at radius 2 is 0.553 bits per heavy atom. The van der Waals surface area contributed by atoms with Gasteiger partial charge >= 0.3 is 0 Å². The van der Waals surface area contributed by atoms with Crippen LogP contribution in [0.4, 0.5) is 0 Å². The second-order valence-corrected chi connectivity index (χ2v) is 35.4. The van der Waals surface area contributed by atoms with Gasteiger partial charge in [-0.3, -0.25) is 19.9 Å². The minimum Gasteiger partial charge on any atom is -0.393 e. The van der Waals surface area contributed by atoms with E-state index in [2.05, 4.69) is 187 Å². The van der Waals surface area contributed by atoms with E-state index in [1.807, 2.05) is 163 Å². The van der Waals surface area contributed by atoms with Crippen LogP contribution in [0.15, 0.2) is 207 Å². The second-order valence-electron chi connectivity index (χ2n) is 35.4. The summed E-state index contributed by atoms with van der Waals surface area (Å²) in [7, 11) is 0. The van der Waals surface area contributed by atoms with Gasteiger partial charge in [-0.1, -0.05) is 201 Å². The molecule has 4 radical (unpaired) electrons. The fourth-order valence-corrected chi connectivity index (χ4v) is 14.1. The van der Waals surface area contributed by atoms with Gasteiger partial charge in [0.1, 0.15) is 25.3 Å². The van der Waals surface area contributed by atoms with E-state index in [1.165, 1.54) is 72.3 Å². The van der Waals surface area contributed by atoms with Crippen molar-refractivity contribution in [2.75, 3.05) is 0 Å². The van der Waals surface area contributed by atoms with Crippen molar-refractivity contribution >= 4 is 0 Å². The number of aromatic nitrogens is 8. The zero-order valence-corrected chi connectivity index (χ0v) is 83.6. The van der Waals surface area contributed by atoms with Crippen LogP contribution in [0.25, 0.3) is 90.1 Å². The molecule has 4 heterocycles. The van der Waals surface area contributed by atoms with E-state index in [0.29, 0.717) is 25.7 Å². The fraction of sp³-hybridized carbons (Fsp3) is 0.379. The quantitative estimate of drug-likeness (QED) is 0.0471. The molecule has 8 N–H and O–H groups in total. The maximum atomic E-state index is 9.76. The number of aryl methyl sites for hydroxylation is 2. The molecule has 16 rings (SSSR count). The molecule has 8 atom stereocenters. The monoisotopic (exact) mass is 2370 g/mol. The summed E-state index contributed by atoms with van der Waals surface area (Å²) in [5, 5.41) is 73.7. The Balaban J connectivity index is 0.000000254. The van der Waals surface area contributed by atoms with Gasteiger partial charge in [-0.05, 0) is 161 Å². The number of aliphatic hydroxyl groups excluding tert-OH is 8. The predicted molar refractivity (Wildman–Crippen MR) is 479 cm³/mol. The molecule has 8 aromatic carbocycles. The van der Waals surface area contributed by atoms with Crippen LogP contribution in [0.1, 0.15) is 192 Å². The Morgan fingerprint density at radius 1 is 0.301 bits per heavy atom. The molecule has 0 bridgehead atoms. The molecular weight excluding hydrogens is 2250 g/mol. The first-order chi connectivity index (χ1) is 56.5. The van der Waals surface area contributed by atoms with E-state index < -0.39 is 24.4 Å². The Morgan fingerprint density at radius 3 is 0.780 bits per heavy atom. The summed E-state index contributed by atoms with van der Waals surface area (Å²) in [6.45, 7) is 34.8. The Labute approximate surface area is 784 Å². The van der Waals surface area contributed by atoms with Gasteiger partial charge in [0, 0.05) is 109 Å². The van der Waals surface area contributed by atoms with Gasteiger partial charge in [0.25, 0.3) is 0 Å². The normalized spacial score (nSPS) is 13.7. The smallest absolute Gasteiger partial charge is 0.106 e. The molecule has 0 amide bonds. The second kappa shape index (κ2) is 49.5. The van der Waals surface area contributed by atoms with Crippen LogP contribution in [-0.2, 0) is 106 Å². The summed E-state index contributed by atoms with van der Waals surface area (Å²) in [5.74, 6) is 0.479. The summed E-state index contributed by atoms with van der Waals surface area (Å²) in [6.07, 6.45) is 8.94. The predicted octanol–water partition coefficient (Wildman–Crippen LogP) is 19.6. The standard InChI is InChI=1S/C19H15N2.3C17H11N2.C11H24O2.C9H20O2.C8H18O2.C5H12O2.4Ir/c1-12-7-13(2)9-15(8-12)18-17-10-14-5-3-4-6-16(14)19(17)21-11-20-18;3*1-2-6-12(7-3-1)16-15-10-13-8-4-5-9-14(13)17(15)19-11-18-16;1-10(2,3)8(12)7-9(13)11(4,5)6;1-6(2)8(10)5-9(11)7(3)4;1-6(9)5-7(10)8(2,3)4;1-4(6)3-5(2)7;;;;/h3-8,11H,10H2,1-2H3;3*1-6,8-9,11H,10H2;8-9,12-13H,7H2,1-6H3;6-11H,5H2,1-4H3;6-7,9-10H,5H2,1-4H3;4-7H,3H2,1-2H3;;;;/q4*-1;;;;;;;;. The fourth-order valence-electron chi connectivity index (χ4n) is 14.1. The molecule has 0 aliphatic heterocycles. The summed E-state index contributed by atoms with van der Waals surface area (Å²) in [5.41, 5.74) is 29.6. The van der Waals surface area contributed by atoms with Gasteiger partial charge in [-0.15, -0.1) is 143 Å². The van der Waals surface area contributed by atoms with Crippen LogP contribution in [0.5, 0.6) is 0 Å². The average Bonchev–Trinajstić information content (AvgIpc) is 1.64. The third kappa shape index (κ3) is 30.3. The summed E-state index contributed by atoms with van der Waals surface area (Å²) < 4.78 is 0. The maximum absolute atomic E-state index is 9.76. The van der Waals surface area contributed by atoms with E-state index in [-0.39, 0.29) is 133 Å². The zero-order valence-electron chi connectivity index (χ0n) is 74.0. The van der Waals surface area contributed by atoms with E-state index >= 15 is 0 Å². The first-order valence-corrected chi connectivity index (χ1v) is 41.5. The van der Waals surface area contributed by atoms with Crippen molar-refractivity contribution in [1.82, 2.24) is 39.9 Å². The average molecular weight is 2370 g/mol. The van der Waals surface area contributed by atoms with Crippen LogP contribution in [-0.4, -0.2) is 130 Å². The zero-order chi connectivity index (χ0) is 86.5. The van der Waals surface area contributed by atoms with E-state index in [0.717, 1.165) is 99.1 Å². The largest absolute Gasteiger partial charge is 0.393 e. The molecule has 0 fully saturated rings. The van der Waals surface area contributed by atoms with Crippen molar-refractivity contribution in [3.05, 3.63) is 287 Å². The van der Waals surface area contributed by atoms with Crippen LogP contribution < -0.4 is 0 Å². The number of hydrogen-bond acceptors (Lipinski definition) is 16. The molecule has 12 aromatic rings. The number of aliphatic hydroxyl groups is 8. The van der Waals surface area contributed by atoms with Crippen LogP contribution in [0, 0.1) is 66.2 Å². The molecular formula is C103H122Ir4N8O8-4. The van der Waals surface area contributed by atoms with Gasteiger partial charge in [-0.25, -0.2) is 19.9 Å². The number of fused-ring (bicyclic) bond motifs is 12. The molecule has 8 unspecified atom stereocenters. The van der Waals surface area contributed by atoms with Crippen molar-refractivity contribution in [1.29, 1.82) is 0 Å². The van der Waals surface area contributed by atoms with Crippen molar-refractivity contribution in [3.8, 4) is 90.1 Å². The molecule has 123 heavy (non-hydrogen) atoms. The summed E-state index contributed by atoms with van der Waals surface area (Å²) in [4.78, 5) is 35.8. The molecule has 0 saturated heterocycles. The van der Waals surface area contributed by atoms with E-state index in [4.69, 9.17) is 15.3 Å². The van der Waals surface area contributed by atoms with Gasteiger partial charge in [0.05, 0.1) is 71.6 Å².